The van der Waals surface area contributed by atoms with Gasteiger partial charge in [-0.25, -0.2) is 9.65 Å². The predicted octanol–water partition coefficient (Wildman–Crippen LogP) is 7.31. The first-order valence-electron chi connectivity index (χ1n) is 21.4. The van der Waals surface area contributed by atoms with Crippen LogP contribution in [0.5, 0.6) is 11.5 Å². The van der Waals surface area contributed by atoms with E-state index >= 15 is 0 Å². The van der Waals surface area contributed by atoms with E-state index < -0.39 is 56.7 Å². The van der Waals surface area contributed by atoms with Gasteiger partial charge in [0.2, 0.25) is 11.9 Å². The van der Waals surface area contributed by atoms with Crippen molar-refractivity contribution in [1.82, 2.24) is 24.2 Å². The van der Waals surface area contributed by atoms with Crippen LogP contribution in [0.1, 0.15) is 73.6 Å². The fraction of sp³-hybridized carbons (Fsp3) is 0.444. The lowest BCUT2D eigenvalue weighted by Gasteiger charge is -2.39. The molecule has 1 aliphatic rings. The van der Waals surface area contributed by atoms with Crippen molar-refractivity contribution in [2.24, 2.45) is 5.92 Å². The van der Waals surface area contributed by atoms with E-state index in [9.17, 15) is 17.6 Å². The van der Waals surface area contributed by atoms with Crippen molar-refractivity contribution in [3.63, 3.8) is 0 Å². The minimum Gasteiger partial charge on any atom is -0.497 e. The van der Waals surface area contributed by atoms with Crippen LogP contribution in [0.3, 0.4) is 0 Å². The lowest BCUT2D eigenvalue weighted by Crippen LogP contribution is -2.42. The number of nitriles is 1. The van der Waals surface area contributed by atoms with Gasteiger partial charge in [-0.3, -0.25) is 24.5 Å². The summed E-state index contributed by atoms with van der Waals surface area (Å²) in [7, 11) is 2.55. The number of ether oxygens (including phenoxy) is 5. The molecule has 0 spiro atoms. The summed E-state index contributed by atoms with van der Waals surface area (Å²) in [6, 6.07) is 25.6. The highest BCUT2D eigenvalue weighted by Gasteiger charge is 2.51. The van der Waals surface area contributed by atoms with Gasteiger partial charge >= 0.3 is 0 Å². The third-order valence-corrected chi connectivity index (χ3v) is 12.4. The molecule has 17 heteroatoms. The molecule has 1 fully saturated rings. The Morgan fingerprint density at radius 1 is 0.952 bits per heavy atom. The molecule has 5 atom stereocenters. The van der Waals surface area contributed by atoms with Gasteiger partial charge in [0.1, 0.15) is 35.4 Å². The van der Waals surface area contributed by atoms with Gasteiger partial charge in [0.25, 0.3) is 14.1 Å². The zero-order valence-corrected chi connectivity index (χ0v) is 37.3. The molecule has 2 aromatic heterocycles. The lowest BCUT2D eigenvalue weighted by atomic mass is 9.80. The Morgan fingerprint density at radius 2 is 1.55 bits per heavy atom. The second kappa shape index (κ2) is 20.8. The maximum Gasteiger partial charge on any atom is 0.280 e. The van der Waals surface area contributed by atoms with Crippen molar-refractivity contribution >= 4 is 31.5 Å². The molecule has 0 aliphatic carbocycles. The number of aromatic amines is 1. The third kappa shape index (κ3) is 9.85. The number of benzene rings is 3. The van der Waals surface area contributed by atoms with Gasteiger partial charge in [-0.1, -0.05) is 68.4 Å². The molecule has 62 heavy (non-hydrogen) atoms. The number of nitrogens with one attached hydrogen (secondary N) is 2. The van der Waals surface area contributed by atoms with Crippen LogP contribution in [0.2, 0.25) is 0 Å². The smallest absolute Gasteiger partial charge is 0.280 e. The summed E-state index contributed by atoms with van der Waals surface area (Å²) in [5.74, 6) is 0.262. The quantitative estimate of drug-likeness (QED) is 0.0451. The third-order valence-electron chi connectivity index (χ3n) is 10.3. The highest BCUT2D eigenvalue weighted by atomic mass is 31.2. The number of methoxy groups -OCH3 is 3. The Bertz CT molecular complexity index is 2370. The second-order valence-electron chi connectivity index (χ2n) is 15.4. The van der Waals surface area contributed by atoms with Crippen LogP contribution in [-0.2, 0) is 33.7 Å². The number of rotatable bonds is 20. The summed E-state index contributed by atoms with van der Waals surface area (Å²) in [5, 5.41) is 12.1. The first kappa shape index (κ1) is 43.4. The predicted molar refractivity (Wildman–Crippen MR) is 235 cm³/mol. The van der Waals surface area contributed by atoms with Gasteiger partial charge < -0.3 is 32.7 Å². The fourth-order valence-corrected chi connectivity index (χ4v) is 9.05. The molecule has 1 unspecified atom stereocenters. The summed E-state index contributed by atoms with van der Waals surface area (Å²) in [6.45, 7) is 8.65. The Balaban J connectivity index is 1.56. The van der Waals surface area contributed by atoms with E-state index in [1.165, 1.54) is 18.0 Å². The molecule has 330 valence electrons. The van der Waals surface area contributed by atoms with Crippen molar-refractivity contribution in [3.8, 4) is 17.6 Å². The number of carbonyl (C=O) groups is 1. The van der Waals surface area contributed by atoms with Crippen molar-refractivity contribution in [2.75, 3.05) is 39.8 Å². The Kier molecular flexibility index (Phi) is 14.5. The van der Waals surface area contributed by atoms with Gasteiger partial charge in [-0.15, -0.1) is 0 Å². The zero-order valence-electron chi connectivity index (χ0n) is 38.4. The number of carbonyl (C=O) groups excluding carboxylic acids is 1. The summed E-state index contributed by atoms with van der Waals surface area (Å²) < 4.78 is 68.2. The van der Waals surface area contributed by atoms with Crippen molar-refractivity contribution in [3.05, 3.63) is 112 Å². The average Bonchev–Trinajstić information content (AvgIpc) is 3.87. The highest BCUT2D eigenvalue weighted by molar-refractivity contribution is 7.44. The number of fused-ring (bicyclic) bond motifs is 1. The number of nitrogens with zero attached hydrogens (tertiary/aromatic N) is 5. The minimum absolute atomic E-state index is 0.0318. The van der Waals surface area contributed by atoms with Crippen LogP contribution in [0.4, 0.5) is 5.95 Å². The van der Waals surface area contributed by atoms with E-state index in [1.807, 2.05) is 87.0 Å². The lowest BCUT2D eigenvalue weighted by molar-refractivity contribution is -0.118. The van der Waals surface area contributed by atoms with Crippen molar-refractivity contribution in [2.45, 2.75) is 90.2 Å². The summed E-state index contributed by atoms with van der Waals surface area (Å²) in [6.07, 6.45) is -3.79. The minimum atomic E-state index is -2.75. The number of amides is 1. The van der Waals surface area contributed by atoms with E-state index in [2.05, 4.69) is 26.3 Å². The zero-order chi connectivity index (χ0) is 46.3. The maximum absolute atomic E-state index is 13.4. The van der Waals surface area contributed by atoms with Crippen LogP contribution < -0.4 is 20.3 Å². The summed E-state index contributed by atoms with van der Waals surface area (Å²) in [5.41, 5.74) is -0.567. The molecular weight excluding hydrogens is 814 g/mol. The number of aromatic nitrogens is 4. The topological polar surface area (TPSA) is 184 Å². The Morgan fingerprint density at radius 3 is 2.08 bits per heavy atom. The van der Waals surface area contributed by atoms with Crippen LogP contribution in [0, 0.1) is 17.2 Å². The van der Waals surface area contributed by atoms with Gasteiger partial charge in [0.15, 0.2) is 17.4 Å². The molecule has 2 N–H and O–H groups in total. The molecule has 16 nitrogen and oxygen atoms in total. The van der Waals surface area contributed by atoms with Gasteiger partial charge in [-0.05, 0) is 68.7 Å². The van der Waals surface area contributed by atoms with Crippen LogP contribution in [0.15, 0.2) is 90.0 Å². The second-order valence-corrected chi connectivity index (χ2v) is 16.8. The normalized spacial score (nSPS) is 19.2. The first-order valence-corrected chi connectivity index (χ1v) is 21.5. The molecule has 3 heterocycles. The van der Waals surface area contributed by atoms with Crippen LogP contribution >= 0.6 is 8.53 Å². The van der Waals surface area contributed by atoms with Gasteiger partial charge in [0.05, 0.1) is 48.9 Å². The van der Waals surface area contributed by atoms with Gasteiger partial charge in [0, 0.05) is 25.1 Å². The molecule has 6 rings (SSSR count). The SMILES string of the molecule is [2H]C([2H])(OC(c1ccccc1)(c1ccc(OC)cc1)c1ccc(OC)cc1)[C@H]1O[C@@H](n2cnc3c(=O)[nH]c(NC(=O)C(C)C)nc32)[C@H](OC)[C@@H]1OP(OCCC#N)N(C(C)C)C(C)C. The number of H-pyrrole nitrogens is 1. The fourth-order valence-electron chi connectivity index (χ4n) is 7.30. The van der Waals surface area contributed by atoms with E-state index in [0.29, 0.717) is 28.2 Å². The van der Waals surface area contributed by atoms with Crippen LogP contribution in [-0.4, -0.2) is 95.0 Å². The monoisotopic (exact) mass is 871 g/mol. The molecule has 1 amide bonds. The van der Waals surface area contributed by atoms with Crippen molar-refractivity contribution in [1.29, 1.82) is 5.26 Å². The Labute approximate surface area is 366 Å². The largest absolute Gasteiger partial charge is 0.497 e. The van der Waals surface area contributed by atoms with E-state index in [4.69, 9.17) is 32.7 Å². The number of hydrogen-bond donors (Lipinski definition) is 2. The molecule has 0 saturated carbocycles. The molecule has 0 radical (unpaired) electrons. The maximum atomic E-state index is 13.4. The summed E-state index contributed by atoms with van der Waals surface area (Å²) in [4.78, 5) is 37.6. The standard InChI is InChI=1S/C45H56N7O9P/c1-28(2)41(53)49-44-48-40-37(42(54)50-44)47-27-51(40)43-39(57-9)38(61-62(59-25-13-24-46)52(29(3)4)30(5)6)36(60-43)26-58-45(31-14-11-10-12-15-31,32-16-20-34(55-7)21-17-32)33-18-22-35(56-8)23-19-33/h10-12,14-23,27-30,36,38-39,43H,13,25-26H2,1-9H3,(H2,48,49,50,53,54)/t36-,38-,39-,43-,62?/m1/s1/i26D2. The number of anilines is 1. The number of hydrogen-bond acceptors (Lipinski definition) is 13. The highest BCUT2D eigenvalue weighted by Crippen LogP contribution is 2.51. The molecular formula is C45H56N7O9P. The van der Waals surface area contributed by atoms with E-state index in [0.717, 1.165) is 0 Å². The molecule has 3 aromatic carbocycles. The molecule has 1 aliphatic heterocycles. The average molecular weight is 872 g/mol. The van der Waals surface area contributed by atoms with E-state index in [-0.39, 0.29) is 48.1 Å². The molecule has 0 bridgehead atoms. The summed E-state index contributed by atoms with van der Waals surface area (Å²) >= 11 is 0. The molecule has 5 aromatic rings. The van der Waals surface area contributed by atoms with Crippen molar-refractivity contribution < 1.29 is 40.3 Å². The van der Waals surface area contributed by atoms with E-state index in [1.54, 1.807) is 52.3 Å². The van der Waals surface area contributed by atoms with Crippen LogP contribution in [0.25, 0.3) is 11.2 Å². The Hall–Kier alpha value is -5.24. The van der Waals surface area contributed by atoms with Gasteiger partial charge in [-0.2, -0.15) is 10.2 Å². The first-order chi connectivity index (χ1) is 30.6. The number of imidazole rings is 1. The molecule has 1 saturated heterocycles.